The normalized spacial score (nSPS) is 15.9. The minimum Gasteiger partial charge on any atom is -0.352 e. The van der Waals surface area contributed by atoms with Crippen LogP contribution < -0.4 is 0 Å². The van der Waals surface area contributed by atoms with Crippen molar-refractivity contribution in [2.24, 2.45) is 0 Å². The number of carbonyl (C=O) groups is 1. The zero-order valence-corrected chi connectivity index (χ0v) is 14.7. The summed E-state index contributed by atoms with van der Waals surface area (Å²) in [6.45, 7) is 2.66. The van der Waals surface area contributed by atoms with E-state index in [9.17, 15) is 18.0 Å². The number of alkyl halides is 3. The van der Waals surface area contributed by atoms with Crippen molar-refractivity contribution in [1.82, 2.24) is 14.8 Å². The second kappa shape index (κ2) is 7.59. The monoisotopic (exact) mass is 381 g/mol. The Balaban J connectivity index is 1.60. The average molecular weight is 381 g/mol. The van der Waals surface area contributed by atoms with Crippen LogP contribution in [0.25, 0.3) is 0 Å². The Bertz CT molecular complexity index is 842. The number of piperazine rings is 1. The Morgan fingerprint density at radius 3 is 2.50 bits per heavy atom. The smallest absolute Gasteiger partial charge is 0.352 e. The Kier molecular flexibility index (Phi) is 5.43. The molecule has 2 heterocycles. The third kappa shape index (κ3) is 4.31. The van der Waals surface area contributed by atoms with Gasteiger partial charge in [0.1, 0.15) is 4.64 Å². The van der Waals surface area contributed by atoms with Gasteiger partial charge in [-0.15, -0.1) is 0 Å². The van der Waals surface area contributed by atoms with E-state index in [0.29, 0.717) is 48.5 Å². The number of hydrogen-bond donors (Lipinski definition) is 1. The molecule has 1 N–H and O–H groups in total. The molecule has 1 fully saturated rings. The Labute approximate surface area is 154 Å². The van der Waals surface area contributed by atoms with Gasteiger partial charge in [-0.05, 0) is 23.8 Å². The Morgan fingerprint density at radius 2 is 1.85 bits per heavy atom. The fourth-order valence-corrected chi connectivity index (χ4v) is 3.20. The molecule has 0 atom stereocenters. The zero-order chi connectivity index (χ0) is 18.7. The molecule has 1 aliphatic rings. The van der Waals surface area contributed by atoms with Gasteiger partial charge in [0.05, 0.1) is 11.1 Å². The third-order valence-corrected chi connectivity index (χ3v) is 4.71. The lowest BCUT2D eigenvalue weighted by Crippen LogP contribution is -2.48. The highest BCUT2D eigenvalue weighted by molar-refractivity contribution is 7.71. The third-order valence-electron chi connectivity index (χ3n) is 4.37. The molecular weight excluding hydrogens is 363 g/mol. The summed E-state index contributed by atoms with van der Waals surface area (Å²) in [6.07, 6.45) is -2.66. The standard InChI is InChI=1S/C18H18F3N3OS/c19-18(20,21)14-4-1-3-13(11-14)12-23-7-9-24(10-8-23)17(25)15-5-2-6-22-16(15)26/h1-6,11H,7-10,12H2,(H,22,26). The van der Waals surface area contributed by atoms with Crippen molar-refractivity contribution in [3.05, 3.63) is 63.9 Å². The van der Waals surface area contributed by atoms with Gasteiger partial charge in [0.15, 0.2) is 0 Å². The number of pyridine rings is 1. The van der Waals surface area contributed by atoms with E-state index in [2.05, 4.69) is 4.98 Å². The molecule has 0 aliphatic carbocycles. The van der Waals surface area contributed by atoms with Crippen molar-refractivity contribution in [2.75, 3.05) is 26.2 Å². The number of aromatic nitrogens is 1. The van der Waals surface area contributed by atoms with Crippen LogP contribution >= 0.6 is 12.2 Å². The molecule has 0 unspecified atom stereocenters. The number of nitrogens with zero attached hydrogens (tertiary/aromatic N) is 2. The topological polar surface area (TPSA) is 39.3 Å². The lowest BCUT2D eigenvalue weighted by Gasteiger charge is -2.34. The van der Waals surface area contributed by atoms with Crippen molar-refractivity contribution >= 4 is 18.1 Å². The first-order valence-electron chi connectivity index (χ1n) is 8.20. The number of benzene rings is 1. The summed E-state index contributed by atoms with van der Waals surface area (Å²) in [5, 5.41) is 0. The van der Waals surface area contributed by atoms with Crippen LogP contribution in [0.4, 0.5) is 13.2 Å². The molecule has 1 aromatic heterocycles. The fourth-order valence-electron chi connectivity index (χ4n) is 2.97. The zero-order valence-electron chi connectivity index (χ0n) is 13.9. The van der Waals surface area contributed by atoms with Gasteiger partial charge in [-0.3, -0.25) is 9.69 Å². The van der Waals surface area contributed by atoms with Crippen LogP contribution in [0.3, 0.4) is 0 Å². The molecule has 0 spiro atoms. The molecule has 3 rings (SSSR count). The molecule has 1 aromatic carbocycles. The maximum absolute atomic E-state index is 12.8. The largest absolute Gasteiger partial charge is 0.416 e. The maximum Gasteiger partial charge on any atom is 0.416 e. The minimum absolute atomic E-state index is 0.120. The van der Waals surface area contributed by atoms with Crippen molar-refractivity contribution in [2.45, 2.75) is 12.7 Å². The predicted molar refractivity (Wildman–Crippen MR) is 94.3 cm³/mol. The molecule has 8 heteroatoms. The highest BCUT2D eigenvalue weighted by atomic mass is 32.1. The molecule has 1 amide bonds. The molecule has 0 radical (unpaired) electrons. The Hall–Kier alpha value is -2.19. The summed E-state index contributed by atoms with van der Waals surface area (Å²) in [5.41, 5.74) is 0.445. The van der Waals surface area contributed by atoms with Crippen molar-refractivity contribution in [3.8, 4) is 0 Å². The first kappa shape index (κ1) is 18.6. The van der Waals surface area contributed by atoms with E-state index in [4.69, 9.17) is 12.2 Å². The van der Waals surface area contributed by atoms with Crippen LogP contribution in [0.2, 0.25) is 0 Å². The lowest BCUT2D eigenvalue weighted by molar-refractivity contribution is -0.137. The Morgan fingerprint density at radius 1 is 1.12 bits per heavy atom. The van der Waals surface area contributed by atoms with Crippen LogP contribution in [0, 0.1) is 4.64 Å². The van der Waals surface area contributed by atoms with Gasteiger partial charge < -0.3 is 9.88 Å². The highest BCUT2D eigenvalue weighted by Gasteiger charge is 2.30. The first-order chi connectivity index (χ1) is 12.3. The van der Waals surface area contributed by atoms with Crippen molar-refractivity contribution < 1.29 is 18.0 Å². The molecule has 4 nitrogen and oxygen atoms in total. The molecule has 1 aliphatic heterocycles. The minimum atomic E-state index is -4.34. The second-order valence-corrected chi connectivity index (χ2v) is 6.59. The average Bonchev–Trinajstić information content (AvgIpc) is 2.62. The van der Waals surface area contributed by atoms with Gasteiger partial charge in [-0.2, -0.15) is 13.2 Å². The van der Waals surface area contributed by atoms with E-state index in [0.717, 1.165) is 6.07 Å². The quantitative estimate of drug-likeness (QED) is 0.824. The van der Waals surface area contributed by atoms with Gasteiger partial charge in [0.2, 0.25) is 0 Å². The van der Waals surface area contributed by atoms with Crippen LogP contribution in [0.15, 0.2) is 42.6 Å². The maximum atomic E-state index is 12.8. The van der Waals surface area contributed by atoms with Crippen molar-refractivity contribution in [1.29, 1.82) is 0 Å². The number of nitrogens with one attached hydrogen (secondary N) is 1. The molecule has 0 bridgehead atoms. The summed E-state index contributed by atoms with van der Waals surface area (Å²) in [7, 11) is 0. The van der Waals surface area contributed by atoms with E-state index in [1.807, 2.05) is 4.90 Å². The highest BCUT2D eigenvalue weighted by Crippen LogP contribution is 2.29. The van der Waals surface area contributed by atoms with Gasteiger partial charge in [0.25, 0.3) is 5.91 Å². The number of hydrogen-bond acceptors (Lipinski definition) is 3. The SMILES string of the molecule is O=C(c1ccc[nH]c1=S)N1CCN(Cc2cccc(C(F)(F)F)c2)CC1. The second-order valence-electron chi connectivity index (χ2n) is 6.18. The van der Waals surface area contributed by atoms with E-state index in [1.54, 1.807) is 29.3 Å². The lowest BCUT2D eigenvalue weighted by atomic mass is 10.1. The number of amides is 1. The fraction of sp³-hybridized carbons (Fsp3) is 0.333. The van der Waals surface area contributed by atoms with Gasteiger partial charge in [-0.1, -0.05) is 30.4 Å². The summed E-state index contributed by atoms with van der Waals surface area (Å²) in [6, 6.07) is 8.79. The van der Waals surface area contributed by atoms with Crippen LogP contribution in [0.5, 0.6) is 0 Å². The van der Waals surface area contributed by atoms with E-state index in [1.165, 1.54) is 12.1 Å². The molecular formula is C18H18F3N3OS. The summed E-state index contributed by atoms with van der Waals surface area (Å²) in [5.74, 6) is -0.120. The van der Waals surface area contributed by atoms with Gasteiger partial charge in [0, 0.05) is 38.9 Å². The van der Waals surface area contributed by atoms with Gasteiger partial charge in [-0.25, -0.2) is 0 Å². The number of aromatic amines is 1. The molecule has 26 heavy (non-hydrogen) atoms. The molecule has 1 saturated heterocycles. The van der Waals surface area contributed by atoms with Crippen LogP contribution in [-0.2, 0) is 12.7 Å². The van der Waals surface area contributed by atoms with Crippen LogP contribution in [-0.4, -0.2) is 46.9 Å². The number of rotatable bonds is 3. The van der Waals surface area contributed by atoms with E-state index in [-0.39, 0.29) is 5.91 Å². The van der Waals surface area contributed by atoms with E-state index >= 15 is 0 Å². The summed E-state index contributed by atoms with van der Waals surface area (Å²) < 4.78 is 38.8. The summed E-state index contributed by atoms with van der Waals surface area (Å²) >= 11 is 5.14. The predicted octanol–water partition coefficient (Wildman–Crippen LogP) is 3.72. The van der Waals surface area contributed by atoms with Gasteiger partial charge >= 0.3 is 6.18 Å². The summed E-state index contributed by atoms with van der Waals surface area (Å²) in [4.78, 5) is 19.2. The van der Waals surface area contributed by atoms with Crippen molar-refractivity contribution in [3.63, 3.8) is 0 Å². The molecule has 0 saturated carbocycles. The van der Waals surface area contributed by atoms with Crippen LogP contribution in [0.1, 0.15) is 21.5 Å². The molecule has 138 valence electrons. The number of carbonyl (C=O) groups excluding carboxylic acids is 1. The number of halogens is 3. The van der Waals surface area contributed by atoms with E-state index < -0.39 is 11.7 Å². The number of H-pyrrole nitrogens is 1. The first-order valence-corrected chi connectivity index (χ1v) is 8.61. The molecule has 2 aromatic rings.